The first-order chi connectivity index (χ1) is 8.65. The zero-order valence-electron chi connectivity index (χ0n) is 11.4. The first-order valence-corrected chi connectivity index (χ1v) is 8.33. The highest BCUT2D eigenvalue weighted by Gasteiger charge is 2.18. The molecule has 1 heterocycles. The third-order valence-corrected chi connectivity index (χ3v) is 5.48. The van der Waals surface area contributed by atoms with E-state index >= 15 is 0 Å². The van der Waals surface area contributed by atoms with Gasteiger partial charge in [0.05, 0.1) is 4.34 Å². The van der Waals surface area contributed by atoms with Gasteiger partial charge in [-0.25, -0.2) is 0 Å². The van der Waals surface area contributed by atoms with Gasteiger partial charge in [0.15, 0.2) is 0 Å². The molecule has 3 unspecified atom stereocenters. The van der Waals surface area contributed by atoms with Crippen LogP contribution in [0, 0.1) is 11.8 Å². The molecule has 0 bridgehead atoms. The summed E-state index contributed by atoms with van der Waals surface area (Å²) in [5.41, 5.74) is 0. The summed E-state index contributed by atoms with van der Waals surface area (Å²) in [7, 11) is 0. The highest BCUT2D eigenvalue weighted by atomic mass is 35.5. The second-order valence-electron chi connectivity index (χ2n) is 5.74. The van der Waals surface area contributed by atoms with Crippen LogP contribution in [0.25, 0.3) is 0 Å². The topological polar surface area (TPSA) is 12.0 Å². The second kappa shape index (κ2) is 6.93. The summed E-state index contributed by atoms with van der Waals surface area (Å²) in [6.07, 6.45) is 7.07. The maximum absolute atomic E-state index is 5.97. The molecule has 1 saturated carbocycles. The summed E-state index contributed by atoms with van der Waals surface area (Å²) in [6.45, 7) is 5.76. The van der Waals surface area contributed by atoms with Crippen LogP contribution in [0.2, 0.25) is 4.34 Å². The molecule has 3 atom stereocenters. The van der Waals surface area contributed by atoms with Gasteiger partial charge in [0.1, 0.15) is 0 Å². The van der Waals surface area contributed by atoms with Crippen molar-refractivity contribution in [3.8, 4) is 0 Å². The molecule has 1 aliphatic rings. The monoisotopic (exact) mass is 285 g/mol. The van der Waals surface area contributed by atoms with Gasteiger partial charge < -0.3 is 5.32 Å². The van der Waals surface area contributed by atoms with Gasteiger partial charge in [-0.3, -0.25) is 0 Å². The Morgan fingerprint density at radius 3 is 2.94 bits per heavy atom. The van der Waals surface area contributed by atoms with E-state index in [0.29, 0.717) is 6.04 Å². The standard InChI is InChI=1S/C15H24ClNS/c1-11-4-3-5-13(10-11)8-9-17-12(2)14-6-7-15(16)18-14/h6-7,11-13,17H,3-5,8-10H2,1-2H3. The van der Waals surface area contributed by atoms with E-state index in [4.69, 9.17) is 11.6 Å². The van der Waals surface area contributed by atoms with Crippen molar-refractivity contribution >= 4 is 22.9 Å². The Labute approximate surface area is 120 Å². The summed E-state index contributed by atoms with van der Waals surface area (Å²) in [6, 6.07) is 4.55. The zero-order chi connectivity index (χ0) is 13.0. The van der Waals surface area contributed by atoms with Crippen LogP contribution < -0.4 is 5.32 Å². The van der Waals surface area contributed by atoms with Crippen molar-refractivity contribution in [2.45, 2.75) is 52.0 Å². The molecule has 0 spiro atoms. The van der Waals surface area contributed by atoms with Gasteiger partial charge in [0.2, 0.25) is 0 Å². The van der Waals surface area contributed by atoms with E-state index in [1.807, 2.05) is 6.07 Å². The van der Waals surface area contributed by atoms with Crippen LogP contribution in [0.4, 0.5) is 0 Å². The average molecular weight is 286 g/mol. The lowest BCUT2D eigenvalue weighted by Gasteiger charge is -2.27. The smallest absolute Gasteiger partial charge is 0.0931 e. The molecule has 1 aromatic rings. The number of nitrogens with one attached hydrogen (secondary N) is 1. The largest absolute Gasteiger partial charge is 0.309 e. The van der Waals surface area contributed by atoms with Crippen LogP contribution in [0.15, 0.2) is 12.1 Å². The van der Waals surface area contributed by atoms with Crippen LogP contribution in [0.3, 0.4) is 0 Å². The summed E-state index contributed by atoms with van der Waals surface area (Å²) in [4.78, 5) is 1.34. The van der Waals surface area contributed by atoms with E-state index in [1.165, 1.54) is 37.0 Å². The van der Waals surface area contributed by atoms with Crippen molar-refractivity contribution in [3.63, 3.8) is 0 Å². The zero-order valence-corrected chi connectivity index (χ0v) is 13.0. The van der Waals surface area contributed by atoms with Crippen molar-refractivity contribution < 1.29 is 0 Å². The van der Waals surface area contributed by atoms with Gasteiger partial charge >= 0.3 is 0 Å². The van der Waals surface area contributed by atoms with Crippen LogP contribution in [-0.2, 0) is 0 Å². The predicted molar refractivity (Wildman–Crippen MR) is 81.5 cm³/mol. The fourth-order valence-electron chi connectivity index (χ4n) is 2.99. The first-order valence-electron chi connectivity index (χ1n) is 7.13. The molecule has 0 aliphatic heterocycles. The van der Waals surface area contributed by atoms with E-state index in [0.717, 1.165) is 22.7 Å². The van der Waals surface area contributed by atoms with E-state index in [1.54, 1.807) is 11.3 Å². The molecule has 1 fully saturated rings. The summed E-state index contributed by atoms with van der Waals surface area (Å²) in [5.74, 6) is 1.89. The lowest BCUT2D eigenvalue weighted by atomic mass is 9.81. The van der Waals surface area contributed by atoms with Crippen LogP contribution >= 0.6 is 22.9 Å². The minimum atomic E-state index is 0.434. The van der Waals surface area contributed by atoms with Gasteiger partial charge in [-0.15, -0.1) is 11.3 Å². The summed E-state index contributed by atoms with van der Waals surface area (Å²) < 4.78 is 0.889. The van der Waals surface area contributed by atoms with Crippen LogP contribution in [-0.4, -0.2) is 6.54 Å². The number of rotatable bonds is 5. The average Bonchev–Trinajstić information content (AvgIpc) is 2.76. The van der Waals surface area contributed by atoms with Crippen molar-refractivity contribution in [2.24, 2.45) is 11.8 Å². The molecule has 3 heteroatoms. The third-order valence-electron chi connectivity index (χ3n) is 4.07. The Hall–Kier alpha value is -0.0500. The second-order valence-corrected chi connectivity index (χ2v) is 7.49. The molecule has 1 nitrogen and oxygen atoms in total. The van der Waals surface area contributed by atoms with Gasteiger partial charge in [-0.1, -0.05) is 37.8 Å². The Kier molecular flexibility index (Phi) is 5.53. The summed E-state index contributed by atoms with van der Waals surface area (Å²) in [5, 5.41) is 3.63. The van der Waals surface area contributed by atoms with Gasteiger partial charge in [0.25, 0.3) is 0 Å². The molecule has 0 radical (unpaired) electrons. The molecule has 1 aliphatic carbocycles. The van der Waals surface area contributed by atoms with E-state index in [9.17, 15) is 0 Å². The maximum Gasteiger partial charge on any atom is 0.0931 e. The molecule has 2 rings (SSSR count). The highest BCUT2D eigenvalue weighted by Crippen LogP contribution is 2.31. The highest BCUT2D eigenvalue weighted by molar-refractivity contribution is 7.16. The molecule has 1 aromatic heterocycles. The molecule has 0 aromatic carbocycles. The van der Waals surface area contributed by atoms with Gasteiger partial charge in [-0.2, -0.15) is 0 Å². The molecular formula is C15H24ClNS. The van der Waals surface area contributed by atoms with Crippen molar-refractivity contribution in [1.29, 1.82) is 0 Å². The minimum Gasteiger partial charge on any atom is -0.309 e. The maximum atomic E-state index is 5.97. The lowest BCUT2D eigenvalue weighted by Crippen LogP contribution is -2.23. The first kappa shape index (κ1) is 14.4. The quantitative estimate of drug-likeness (QED) is 0.777. The number of hydrogen-bond acceptors (Lipinski definition) is 2. The SMILES string of the molecule is CC1CCCC(CCNC(C)c2ccc(Cl)s2)C1. The Morgan fingerprint density at radius 1 is 1.44 bits per heavy atom. The lowest BCUT2D eigenvalue weighted by molar-refractivity contribution is 0.266. The van der Waals surface area contributed by atoms with Crippen molar-refractivity contribution in [2.75, 3.05) is 6.54 Å². The molecular weight excluding hydrogens is 262 g/mol. The van der Waals surface area contributed by atoms with Crippen molar-refractivity contribution in [3.05, 3.63) is 21.3 Å². The molecule has 1 N–H and O–H groups in total. The van der Waals surface area contributed by atoms with E-state index < -0.39 is 0 Å². The van der Waals surface area contributed by atoms with Gasteiger partial charge in [0, 0.05) is 10.9 Å². The molecule has 102 valence electrons. The van der Waals surface area contributed by atoms with Gasteiger partial charge in [-0.05, 0) is 50.3 Å². The summed E-state index contributed by atoms with van der Waals surface area (Å²) >= 11 is 7.65. The predicted octanol–water partition coefficient (Wildman–Crippen LogP) is 5.27. The van der Waals surface area contributed by atoms with Crippen LogP contribution in [0.1, 0.15) is 56.9 Å². The number of thiophene rings is 1. The Morgan fingerprint density at radius 2 is 2.28 bits per heavy atom. The molecule has 18 heavy (non-hydrogen) atoms. The minimum absolute atomic E-state index is 0.434. The molecule has 0 saturated heterocycles. The molecule has 0 amide bonds. The van der Waals surface area contributed by atoms with Crippen molar-refractivity contribution in [1.82, 2.24) is 5.32 Å². The fourth-order valence-corrected chi connectivity index (χ4v) is 4.08. The third kappa shape index (κ3) is 4.25. The normalized spacial score (nSPS) is 26.2. The Balaban J connectivity index is 1.68. The number of hydrogen-bond donors (Lipinski definition) is 1. The van der Waals surface area contributed by atoms with E-state index in [-0.39, 0.29) is 0 Å². The fraction of sp³-hybridized carbons (Fsp3) is 0.733. The number of halogens is 1. The van der Waals surface area contributed by atoms with Crippen LogP contribution in [0.5, 0.6) is 0 Å². The Bertz CT molecular complexity index is 363. The van der Waals surface area contributed by atoms with E-state index in [2.05, 4.69) is 25.2 Å².